The van der Waals surface area contributed by atoms with Crippen LogP contribution in [0.25, 0.3) is 0 Å². The van der Waals surface area contributed by atoms with E-state index in [-0.39, 0.29) is 23.7 Å². The number of carbonyl (C=O) groups excluding carboxylic acids is 1. The van der Waals surface area contributed by atoms with Crippen molar-refractivity contribution in [2.75, 3.05) is 0 Å². The Labute approximate surface area is 158 Å². The number of hydrogen-bond donors (Lipinski definition) is 2. The van der Waals surface area contributed by atoms with Crippen molar-refractivity contribution in [1.82, 2.24) is 0 Å². The average Bonchev–Trinajstić information content (AvgIpc) is 2.70. The Morgan fingerprint density at radius 3 is 2.00 bits per heavy atom. The molecule has 0 saturated heterocycles. The second kappa shape index (κ2) is 7.79. The summed E-state index contributed by atoms with van der Waals surface area (Å²) in [7, 11) is 0. The number of ether oxygens (including phenoxy) is 1. The SMILES string of the molecule is C=CC(=O)C(Cc1ccc(O)cc1)(Oc1ccccc1)c1ccc(O)cc1. The summed E-state index contributed by atoms with van der Waals surface area (Å²) in [4.78, 5) is 13.0. The number of ketones is 1. The molecule has 0 spiro atoms. The molecule has 0 aliphatic rings. The van der Waals surface area contributed by atoms with Crippen LogP contribution in [-0.2, 0) is 16.8 Å². The fourth-order valence-electron chi connectivity index (χ4n) is 2.96. The van der Waals surface area contributed by atoms with E-state index in [0.29, 0.717) is 11.3 Å². The molecule has 0 heterocycles. The summed E-state index contributed by atoms with van der Waals surface area (Å²) in [5.74, 6) is 0.487. The molecule has 0 bridgehead atoms. The van der Waals surface area contributed by atoms with Crippen molar-refractivity contribution in [2.24, 2.45) is 0 Å². The molecule has 0 aliphatic heterocycles. The molecule has 3 aromatic rings. The van der Waals surface area contributed by atoms with Crippen molar-refractivity contribution in [1.29, 1.82) is 0 Å². The largest absolute Gasteiger partial charge is 0.508 e. The third-order valence-electron chi connectivity index (χ3n) is 4.34. The first kappa shape index (κ1) is 18.3. The maximum atomic E-state index is 13.0. The van der Waals surface area contributed by atoms with Crippen LogP contribution in [0.2, 0.25) is 0 Å². The quantitative estimate of drug-likeness (QED) is 0.614. The zero-order chi connectivity index (χ0) is 19.3. The minimum Gasteiger partial charge on any atom is -0.508 e. The lowest BCUT2D eigenvalue weighted by atomic mass is 9.83. The molecule has 2 N–H and O–H groups in total. The van der Waals surface area contributed by atoms with Gasteiger partial charge in [0.2, 0.25) is 5.78 Å². The third kappa shape index (κ3) is 4.01. The van der Waals surface area contributed by atoms with E-state index in [1.807, 2.05) is 18.2 Å². The molecule has 0 amide bonds. The second-order valence-electron chi connectivity index (χ2n) is 6.20. The highest BCUT2D eigenvalue weighted by atomic mass is 16.5. The summed E-state index contributed by atoms with van der Waals surface area (Å²) in [6.45, 7) is 3.65. The van der Waals surface area contributed by atoms with Gasteiger partial charge in [0.15, 0.2) is 5.60 Å². The van der Waals surface area contributed by atoms with E-state index in [9.17, 15) is 15.0 Å². The highest BCUT2D eigenvalue weighted by Crippen LogP contribution is 2.34. The molecule has 0 saturated carbocycles. The molecule has 0 aromatic heterocycles. The van der Waals surface area contributed by atoms with Crippen LogP contribution in [-0.4, -0.2) is 16.0 Å². The van der Waals surface area contributed by atoms with E-state index in [4.69, 9.17) is 4.74 Å². The van der Waals surface area contributed by atoms with Crippen molar-refractivity contribution in [2.45, 2.75) is 12.0 Å². The van der Waals surface area contributed by atoms with Crippen molar-refractivity contribution < 1.29 is 19.7 Å². The Bertz CT molecular complexity index is 915. The molecule has 136 valence electrons. The lowest BCUT2D eigenvalue weighted by Gasteiger charge is -2.33. The number of benzene rings is 3. The first-order chi connectivity index (χ1) is 13.0. The molecule has 0 fully saturated rings. The molecule has 3 aromatic carbocycles. The maximum Gasteiger partial charge on any atom is 0.203 e. The zero-order valence-electron chi connectivity index (χ0n) is 14.7. The number of phenols is 2. The predicted molar refractivity (Wildman–Crippen MR) is 104 cm³/mol. The van der Waals surface area contributed by atoms with Gasteiger partial charge in [0, 0.05) is 12.0 Å². The summed E-state index contributed by atoms with van der Waals surface area (Å²) in [6.07, 6.45) is 1.48. The van der Waals surface area contributed by atoms with Gasteiger partial charge >= 0.3 is 0 Å². The van der Waals surface area contributed by atoms with Crippen molar-refractivity contribution >= 4 is 5.78 Å². The van der Waals surface area contributed by atoms with Crippen molar-refractivity contribution in [3.8, 4) is 17.2 Å². The molecular formula is C23H20O4. The molecule has 1 atom stereocenters. The number of rotatable bonds is 7. The molecule has 27 heavy (non-hydrogen) atoms. The molecule has 1 unspecified atom stereocenters. The van der Waals surface area contributed by atoms with Crippen LogP contribution in [0.15, 0.2) is 91.5 Å². The van der Waals surface area contributed by atoms with Gasteiger partial charge in [-0.05, 0) is 48.0 Å². The fraction of sp³-hybridized carbons (Fsp3) is 0.0870. The number of hydrogen-bond acceptors (Lipinski definition) is 4. The molecule has 4 heteroatoms. The Morgan fingerprint density at radius 2 is 1.44 bits per heavy atom. The predicted octanol–water partition coefficient (Wildman–Crippen LogP) is 4.37. The summed E-state index contributed by atoms with van der Waals surface area (Å²) in [5.41, 5.74) is 0.0578. The average molecular weight is 360 g/mol. The molecular weight excluding hydrogens is 340 g/mol. The summed E-state index contributed by atoms with van der Waals surface area (Å²) >= 11 is 0. The summed E-state index contributed by atoms with van der Waals surface area (Å²) in [5, 5.41) is 19.2. The maximum absolute atomic E-state index is 13.0. The Hall–Kier alpha value is -3.53. The summed E-state index contributed by atoms with van der Waals surface area (Å²) in [6, 6.07) is 22.1. The van der Waals surface area contributed by atoms with Crippen LogP contribution in [0.3, 0.4) is 0 Å². The molecule has 0 radical (unpaired) electrons. The number of aromatic hydroxyl groups is 2. The molecule has 0 aliphatic carbocycles. The Kier molecular flexibility index (Phi) is 5.27. The topological polar surface area (TPSA) is 66.8 Å². The summed E-state index contributed by atoms with van der Waals surface area (Å²) < 4.78 is 6.25. The van der Waals surface area contributed by atoms with Crippen LogP contribution in [0.4, 0.5) is 0 Å². The molecule has 3 rings (SSSR count). The Balaban J connectivity index is 2.13. The van der Waals surface area contributed by atoms with Crippen molar-refractivity contribution in [3.05, 3.63) is 103 Å². The van der Waals surface area contributed by atoms with Gasteiger partial charge in [0.05, 0.1) is 0 Å². The second-order valence-corrected chi connectivity index (χ2v) is 6.20. The van der Waals surface area contributed by atoms with Crippen LogP contribution in [0.5, 0.6) is 17.2 Å². The van der Waals surface area contributed by atoms with Crippen LogP contribution in [0, 0.1) is 0 Å². The van der Waals surface area contributed by atoms with E-state index < -0.39 is 5.60 Å². The highest BCUT2D eigenvalue weighted by Gasteiger charge is 2.41. The standard InChI is InChI=1S/C23H20O4/c1-2-22(26)23(18-10-14-20(25)15-11-18,27-21-6-4-3-5-7-21)16-17-8-12-19(24)13-9-17/h2-15,24-25H,1,16H2. The first-order valence-corrected chi connectivity index (χ1v) is 8.52. The number of phenolic OH excluding ortho intramolecular Hbond substituents is 2. The number of carbonyl (C=O) groups is 1. The first-order valence-electron chi connectivity index (χ1n) is 8.52. The van der Waals surface area contributed by atoms with E-state index >= 15 is 0 Å². The lowest BCUT2D eigenvalue weighted by molar-refractivity contribution is -0.130. The van der Waals surface area contributed by atoms with Gasteiger partial charge in [-0.25, -0.2) is 0 Å². The van der Waals surface area contributed by atoms with E-state index in [2.05, 4.69) is 6.58 Å². The van der Waals surface area contributed by atoms with Gasteiger partial charge in [0.1, 0.15) is 17.2 Å². The van der Waals surface area contributed by atoms with Gasteiger partial charge in [-0.2, -0.15) is 0 Å². The van der Waals surface area contributed by atoms with Gasteiger partial charge in [0.25, 0.3) is 0 Å². The monoisotopic (exact) mass is 360 g/mol. The van der Waals surface area contributed by atoms with E-state index in [0.717, 1.165) is 5.56 Å². The smallest absolute Gasteiger partial charge is 0.203 e. The van der Waals surface area contributed by atoms with Crippen LogP contribution in [0.1, 0.15) is 11.1 Å². The van der Waals surface area contributed by atoms with E-state index in [1.165, 1.54) is 18.2 Å². The number of para-hydroxylation sites is 1. The van der Waals surface area contributed by atoms with Gasteiger partial charge < -0.3 is 14.9 Å². The Morgan fingerprint density at radius 1 is 0.889 bits per heavy atom. The van der Waals surface area contributed by atoms with Crippen molar-refractivity contribution in [3.63, 3.8) is 0 Å². The van der Waals surface area contributed by atoms with Gasteiger partial charge in [-0.15, -0.1) is 0 Å². The van der Waals surface area contributed by atoms with E-state index in [1.54, 1.807) is 48.5 Å². The van der Waals surface area contributed by atoms with Crippen LogP contribution >= 0.6 is 0 Å². The van der Waals surface area contributed by atoms with Crippen LogP contribution < -0.4 is 4.74 Å². The minimum absolute atomic E-state index is 0.100. The highest BCUT2D eigenvalue weighted by molar-refractivity contribution is 5.98. The van der Waals surface area contributed by atoms with Gasteiger partial charge in [-0.3, -0.25) is 4.79 Å². The minimum atomic E-state index is -1.35. The zero-order valence-corrected chi connectivity index (χ0v) is 14.7. The normalized spacial score (nSPS) is 12.7. The fourth-order valence-corrected chi connectivity index (χ4v) is 2.96. The van der Waals surface area contributed by atoms with Gasteiger partial charge in [-0.1, -0.05) is 49.0 Å². The molecule has 4 nitrogen and oxygen atoms in total. The third-order valence-corrected chi connectivity index (χ3v) is 4.34. The lowest BCUT2D eigenvalue weighted by Crippen LogP contribution is -2.43.